The summed E-state index contributed by atoms with van der Waals surface area (Å²) in [5.41, 5.74) is 2.50. The Bertz CT molecular complexity index is 383. The normalized spacial score (nSPS) is 26.4. The van der Waals surface area contributed by atoms with Crippen molar-refractivity contribution in [3.05, 3.63) is 35.4 Å². The van der Waals surface area contributed by atoms with Gasteiger partial charge >= 0.3 is 0 Å². The zero-order valence-electron chi connectivity index (χ0n) is 11.3. The van der Waals surface area contributed by atoms with Crippen molar-refractivity contribution in [3.63, 3.8) is 0 Å². The van der Waals surface area contributed by atoms with E-state index in [9.17, 15) is 0 Å². The molecule has 1 N–H and O–H groups in total. The average molecular weight is 250 g/mol. The lowest BCUT2D eigenvalue weighted by molar-refractivity contribution is -0.147. The Balaban J connectivity index is 2.04. The smallest absolute Gasteiger partial charge is 0.163 e. The first-order chi connectivity index (χ1) is 8.50. The van der Waals surface area contributed by atoms with Crippen LogP contribution in [0.4, 0.5) is 0 Å². The summed E-state index contributed by atoms with van der Waals surface area (Å²) >= 11 is 0. The minimum Gasteiger partial charge on any atom is -0.396 e. The van der Waals surface area contributed by atoms with Gasteiger partial charge in [-0.15, -0.1) is 0 Å². The van der Waals surface area contributed by atoms with Crippen LogP contribution in [0.1, 0.15) is 31.4 Å². The van der Waals surface area contributed by atoms with Crippen molar-refractivity contribution >= 4 is 0 Å². The third-order valence-electron chi connectivity index (χ3n) is 3.26. The van der Waals surface area contributed by atoms with E-state index in [2.05, 4.69) is 31.2 Å². The Hall–Kier alpha value is -0.900. The molecule has 2 unspecified atom stereocenters. The second-order valence-electron chi connectivity index (χ2n) is 5.41. The zero-order valence-corrected chi connectivity index (χ0v) is 11.3. The highest BCUT2D eigenvalue weighted by molar-refractivity contribution is 5.22. The molecule has 0 bridgehead atoms. The van der Waals surface area contributed by atoms with Gasteiger partial charge in [-0.3, -0.25) is 0 Å². The monoisotopic (exact) mass is 250 g/mol. The second kappa shape index (κ2) is 5.39. The van der Waals surface area contributed by atoms with Crippen molar-refractivity contribution < 1.29 is 14.6 Å². The summed E-state index contributed by atoms with van der Waals surface area (Å²) in [5.74, 6) is -0.546. The highest BCUT2D eigenvalue weighted by Crippen LogP contribution is 2.31. The van der Waals surface area contributed by atoms with Crippen LogP contribution in [0.2, 0.25) is 0 Å². The fourth-order valence-corrected chi connectivity index (χ4v) is 2.41. The van der Waals surface area contributed by atoms with Crippen LogP contribution in [0.25, 0.3) is 0 Å². The van der Waals surface area contributed by atoms with Crippen LogP contribution in [0.15, 0.2) is 24.3 Å². The quantitative estimate of drug-likeness (QED) is 0.892. The van der Waals surface area contributed by atoms with Gasteiger partial charge in [0.25, 0.3) is 0 Å². The standard InChI is InChI=1S/C15H22O3/c1-11-4-6-12(7-5-11)10-14-13(8-9-16)17-15(2,3)18-14/h4-7,13-14,16H,8-10H2,1-3H3. The molecule has 0 saturated carbocycles. The molecule has 2 atom stereocenters. The summed E-state index contributed by atoms with van der Waals surface area (Å²) in [4.78, 5) is 0. The average Bonchev–Trinajstić information content (AvgIpc) is 2.57. The third-order valence-corrected chi connectivity index (χ3v) is 3.26. The number of aliphatic hydroxyl groups is 1. The first kappa shape index (κ1) is 13.5. The molecule has 1 aliphatic rings. The van der Waals surface area contributed by atoms with Crippen LogP contribution >= 0.6 is 0 Å². The second-order valence-corrected chi connectivity index (χ2v) is 5.41. The van der Waals surface area contributed by atoms with E-state index >= 15 is 0 Å². The summed E-state index contributed by atoms with van der Waals surface area (Å²) in [6.07, 6.45) is 1.45. The van der Waals surface area contributed by atoms with Gasteiger partial charge < -0.3 is 14.6 Å². The van der Waals surface area contributed by atoms with Crippen molar-refractivity contribution in [1.82, 2.24) is 0 Å². The molecule has 1 heterocycles. The summed E-state index contributed by atoms with van der Waals surface area (Å²) in [6.45, 7) is 6.06. The van der Waals surface area contributed by atoms with Crippen molar-refractivity contribution in [2.75, 3.05) is 6.61 Å². The van der Waals surface area contributed by atoms with E-state index in [0.29, 0.717) is 6.42 Å². The Morgan fingerprint density at radius 3 is 2.33 bits per heavy atom. The molecule has 0 spiro atoms. The molecule has 3 heteroatoms. The Morgan fingerprint density at radius 2 is 1.72 bits per heavy atom. The molecule has 3 nitrogen and oxygen atoms in total. The number of aliphatic hydroxyl groups excluding tert-OH is 1. The topological polar surface area (TPSA) is 38.7 Å². The van der Waals surface area contributed by atoms with Crippen LogP contribution < -0.4 is 0 Å². The predicted octanol–water partition coefficient (Wildman–Crippen LogP) is 2.44. The van der Waals surface area contributed by atoms with Gasteiger partial charge in [-0.05, 0) is 32.8 Å². The van der Waals surface area contributed by atoms with E-state index in [4.69, 9.17) is 14.6 Å². The van der Waals surface area contributed by atoms with Gasteiger partial charge in [-0.1, -0.05) is 29.8 Å². The summed E-state index contributed by atoms with van der Waals surface area (Å²) in [5, 5.41) is 9.08. The number of aryl methyl sites for hydroxylation is 1. The highest BCUT2D eigenvalue weighted by Gasteiger charge is 2.40. The van der Waals surface area contributed by atoms with E-state index in [1.807, 2.05) is 13.8 Å². The molecule has 0 aromatic heterocycles. The van der Waals surface area contributed by atoms with E-state index in [1.165, 1.54) is 11.1 Å². The first-order valence-electron chi connectivity index (χ1n) is 6.52. The van der Waals surface area contributed by atoms with Crippen molar-refractivity contribution in [2.24, 2.45) is 0 Å². The fraction of sp³-hybridized carbons (Fsp3) is 0.600. The molecule has 0 amide bonds. The van der Waals surface area contributed by atoms with E-state index in [1.54, 1.807) is 0 Å². The van der Waals surface area contributed by atoms with Gasteiger partial charge in [0, 0.05) is 13.0 Å². The number of ether oxygens (including phenoxy) is 2. The third kappa shape index (κ3) is 3.31. The molecule has 1 fully saturated rings. The summed E-state index contributed by atoms with van der Waals surface area (Å²) < 4.78 is 11.7. The van der Waals surface area contributed by atoms with Crippen molar-refractivity contribution in [3.8, 4) is 0 Å². The SMILES string of the molecule is Cc1ccc(CC2OC(C)(C)OC2CCO)cc1. The number of benzene rings is 1. The molecular weight excluding hydrogens is 228 g/mol. The maximum Gasteiger partial charge on any atom is 0.163 e. The van der Waals surface area contributed by atoms with Crippen LogP contribution in [0, 0.1) is 6.92 Å². The summed E-state index contributed by atoms with van der Waals surface area (Å²) in [7, 11) is 0. The molecular formula is C15H22O3. The summed E-state index contributed by atoms with van der Waals surface area (Å²) in [6, 6.07) is 8.47. The van der Waals surface area contributed by atoms with Gasteiger partial charge in [0.2, 0.25) is 0 Å². The molecule has 0 aliphatic carbocycles. The van der Waals surface area contributed by atoms with Crippen LogP contribution in [0.3, 0.4) is 0 Å². The van der Waals surface area contributed by atoms with Crippen LogP contribution in [-0.2, 0) is 15.9 Å². The zero-order chi connectivity index (χ0) is 13.2. The highest BCUT2D eigenvalue weighted by atomic mass is 16.7. The lowest BCUT2D eigenvalue weighted by Gasteiger charge is -2.17. The largest absolute Gasteiger partial charge is 0.396 e. The molecule has 1 aromatic carbocycles. The minimum atomic E-state index is -0.546. The molecule has 0 radical (unpaired) electrons. The molecule has 1 aromatic rings. The van der Waals surface area contributed by atoms with Crippen molar-refractivity contribution in [2.45, 2.75) is 51.6 Å². The van der Waals surface area contributed by atoms with Gasteiger partial charge in [0.15, 0.2) is 5.79 Å². The molecule has 1 saturated heterocycles. The number of rotatable bonds is 4. The lowest BCUT2D eigenvalue weighted by atomic mass is 10.0. The maximum atomic E-state index is 9.08. The van der Waals surface area contributed by atoms with E-state index < -0.39 is 5.79 Å². The molecule has 100 valence electrons. The Labute approximate surface area is 109 Å². The van der Waals surface area contributed by atoms with Crippen LogP contribution in [0.5, 0.6) is 0 Å². The van der Waals surface area contributed by atoms with E-state index in [0.717, 1.165) is 6.42 Å². The Kier molecular flexibility index (Phi) is 4.05. The van der Waals surface area contributed by atoms with Crippen LogP contribution in [-0.4, -0.2) is 29.7 Å². The molecule has 18 heavy (non-hydrogen) atoms. The van der Waals surface area contributed by atoms with E-state index in [-0.39, 0.29) is 18.8 Å². The maximum absolute atomic E-state index is 9.08. The van der Waals surface area contributed by atoms with Crippen molar-refractivity contribution in [1.29, 1.82) is 0 Å². The number of hydrogen-bond acceptors (Lipinski definition) is 3. The van der Waals surface area contributed by atoms with Gasteiger partial charge in [0.05, 0.1) is 12.2 Å². The predicted molar refractivity (Wildman–Crippen MR) is 70.4 cm³/mol. The van der Waals surface area contributed by atoms with Gasteiger partial charge in [-0.25, -0.2) is 0 Å². The van der Waals surface area contributed by atoms with Gasteiger partial charge in [-0.2, -0.15) is 0 Å². The van der Waals surface area contributed by atoms with Gasteiger partial charge in [0.1, 0.15) is 0 Å². The lowest BCUT2D eigenvalue weighted by Crippen LogP contribution is -2.25. The first-order valence-corrected chi connectivity index (χ1v) is 6.52. The minimum absolute atomic E-state index is 0.0219. The Morgan fingerprint density at radius 1 is 1.11 bits per heavy atom. The number of hydrogen-bond donors (Lipinski definition) is 1. The fourth-order valence-electron chi connectivity index (χ4n) is 2.41. The molecule has 2 rings (SSSR count). The molecule has 1 aliphatic heterocycles.